The number of rotatable bonds is 6. The van der Waals surface area contributed by atoms with E-state index in [0.29, 0.717) is 25.5 Å². The smallest absolute Gasteiger partial charge is 0.272 e. The minimum Gasteiger partial charge on any atom is -0.396 e. The molecule has 0 saturated carbocycles. The van der Waals surface area contributed by atoms with Crippen molar-refractivity contribution < 1.29 is 14.6 Å². The van der Waals surface area contributed by atoms with Crippen LogP contribution in [0.3, 0.4) is 0 Å². The number of ether oxygens (including phenoxy) is 1. The summed E-state index contributed by atoms with van der Waals surface area (Å²) >= 11 is 0. The molecule has 1 aromatic heterocycles. The van der Waals surface area contributed by atoms with E-state index >= 15 is 0 Å². The van der Waals surface area contributed by atoms with Gasteiger partial charge in [0, 0.05) is 30.8 Å². The molecule has 18 heavy (non-hydrogen) atoms. The van der Waals surface area contributed by atoms with Gasteiger partial charge in [-0.05, 0) is 19.3 Å². The second-order valence-corrected chi connectivity index (χ2v) is 4.37. The molecule has 6 nitrogen and oxygen atoms in total. The van der Waals surface area contributed by atoms with E-state index in [4.69, 9.17) is 9.84 Å². The number of carbonyl (C=O) groups is 1. The number of hydrogen-bond acceptors (Lipinski definition) is 4. The number of carbonyl (C=O) groups excluding carboxylic acids is 1. The molecule has 0 fully saturated rings. The molecule has 6 heteroatoms. The highest BCUT2D eigenvalue weighted by Crippen LogP contribution is 2.17. The van der Waals surface area contributed by atoms with Crippen LogP contribution in [0, 0.1) is 0 Å². The van der Waals surface area contributed by atoms with E-state index in [2.05, 4.69) is 15.5 Å². The molecule has 0 atom stereocenters. The van der Waals surface area contributed by atoms with Crippen LogP contribution in [0.5, 0.6) is 0 Å². The van der Waals surface area contributed by atoms with Crippen molar-refractivity contribution in [2.75, 3.05) is 19.8 Å². The van der Waals surface area contributed by atoms with Gasteiger partial charge in [-0.1, -0.05) is 0 Å². The van der Waals surface area contributed by atoms with Gasteiger partial charge in [0.15, 0.2) is 5.69 Å². The van der Waals surface area contributed by atoms with Crippen molar-refractivity contribution in [1.29, 1.82) is 0 Å². The summed E-state index contributed by atoms with van der Waals surface area (Å²) in [6.07, 6.45) is 3.35. The van der Waals surface area contributed by atoms with E-state index in [1.165, 1.54) is 0 Å². The fourth-order valence-electron chi connectivity index (χ4n) is 2.00. The Bertz CT molecular complexity index is 403. The molecule has 0 bridgehead atoms. The highest BCUT2D eigenvalue weighted by molar-refractivity contribution is 5.93. The predicted octanol–water partition coefficient (Wildman–Crippen LogP) is 0.375. The lowest BCUT2D eigenvalue weighted by atomic mass is 10.1. The van der Waals surface area contributed by atoms with Crippen LogP contribution in [0.2, 0.25) is 0 Å². The lowest BCUT2D eigenvalue weighted by Gasteiger charge is -2.12. The van der Waals surface area contributed by atoms with Crippen LogP contribution < -0.4 is 5.32 Å². The zero-order valence-corrected chi connectivity index (χ0v) is 10.4. The van der Waals surface area contributed by atoms with E-state index in [1.54, 1.807) is 0 Å². The molecule has 2 heterocycles. The lowest BCUT2D eigenvalue weighted by Crippen LogP contribution is -2.26. The third-order valence-electron chi connectivity index (χ3n) is 3.03. The summed E-state index contributed by atoms with van der Waals surface area (Å²) in [6.45, 7) is 1.95. The van der Waals surface area contributed by atoms with Crippen molar-refractivity contribution >= 4 is 5.91 Å². The number of nitrogens with one attached hydrogen (secondary N) is 2. The van der Waals surface area contributed by atoms with Crippen molar-refractivity contribution in [1.82, 2.24) is 15.5 Å². The number of aromatic nitrogens is 2. The molecule has 100 valence electrons. The lowest BCUT2D eigenvalue weighted by molar-refractivity contribution is 0.0924. The monoisotopic (exact) mass is 253 g/mol. The number of hydrogen-bond donors (Lipinski definition) is 3. The standard InChI is InChI=1S/C12H19N3O3/c16-6-3-1-2-5-13-12(17)11-9-8-18-7-4-10(9)14-15-11/h16H,1-8H2,(H,13,17)(H,14,15). The number of amides is 1. The molecule has 0 unspecified atom stereocenters. The van der Waals surface area contributed by atoms with Gasteiger partial charge in [0.05, 0.1) is 13.2 Å². The Hall–Kier alpha value is -1.40. The van der Waals surface area contributed by atoms with Gasteiger partial charge in [-0.3, -0.25) is 9.89 Å². The van der Waals surface area contributed by atoms with Crippen LogP contribution in [0.1, 0.15) is 41.0 Å². The van der Waals surface area contributed by atoms with Crippen LogP contribution in [0.4, 0.5) is 0 Å². The number of nitrogens with zero attached hydrogens (tertiary/aromatic N) is 1. The largest absolute Gasteiger partial charge is 0.396 e. The predicted molar refractivity (Wildman–Crippen MR) is 65.2 cm³/mol. The summed E-state index contributed by atoms with van der Waals surface area (Å²) in [4.78, 5) is 11.9. The molecule has 1 amide bonds. The highest BCUT2D eigenvalue weighted by atomic mass is 16.5. The van der Waals surface area contributed by atoms with Gasteiger partial charge in [-0.15, -0.1) is 0 Å². The first-order valence-electron chi connectivity index (χ1n) is 6.36. The SMILES string of the molecule is O=C(NCCCCCO)c1n[nH]c2c1COCC2. The Morgan fingerprint density at radius 2 is 2.33 bits per heavy atom. The third kappa shape index (κ3) is 3.08. The quantitative estimate of drug-likeness (QED) is 0.639. The van der Waals surface area contributed by atoms with Crippen molar-refractivity contribution in [2.45, 2.75) is 32.3 Å². The summed E-state index contributed by atoms with van der Waals surface area (Å²) in [6, 6.07) is 0. The molecular weight excluding hydrogens is 234 g/mol. The zero-order chi connectivity index (χ0) is 12.8. The van der Waals surface area contributed by atoms with Gasteiger partial charge >= 0.3 is 0 Å². The molecular formula is C12H19N3O3. The summed E-state index contributed by atoms with van der Waals surface area (Å²) in [5.41, 5.74) is 2.34. The summed E-state index contributed by atoms with van der Waals surface area (Å²) in [7, 11) is 0. The van der Waals surface area contributed by atoms with E-state index < -0.39 is 0 Å². The molecule has 0 spiro atoms. The van der Waals surface area contributed by atoms with Gasteiger partial charge in [-0.2, -0.15) is 5.10 Å². The average molecular weight is 253 g/mol. The van der Waals surface area contributed by atoms with Crippen molar-refractivity contribution in [3.05, 3.63) is 17.0 Å². The molecule has 0 aromatic carbocycles. The van der Waals surface area contributed by atoms with Gasteiger partial charge in [-0.25, -0.2) is 0 Å². The maximum Gasteiger partial charge on any atom is 0.272 e. The Morgan fingerprint density at radius 1 is 1.44 bits per heavy atom. The molecule has 3 N–H and O–H groups in total. The van der Waals surface area contributed by atoms with Crippen LogP contribution in [-0.4, -0.2) is 41.0 Å². The normalized spacial score (nSPS) is 14.3. The van der Waals surface area contributed by atoms with Crippen LogP contribution in [-0.2, 0) is 17.8 Å². The first-order valence-corrected chi connectivity index (χ1v) is 6.36. The fraction of sp³-hybridized carbons (Fsp3) is 0.667. The molecule has 1 aliphatic heterocycles. The topological polar surface area (TPSA) is 87.2 Å². The van der Waals surface area contributed by atoms with Gasteiger partial charge in [0.1, 0.15) is 0 Å². The Morgan fingerprint density at radius 3 is 3.17 bits per heavy atom. The summed E-state index contributed by atoms with van der Waals surface area (Å²) in [5.74, 6) is -0.151. The zero-order valence-electron chi connectivity index (χ0n) is 10.4. The first-order chi connectivity index (χ1) is 8.83. The minimum absolute atomic E-state index is 0.151. The molecule has 0 saturated heterocycles. The molecule has 1 aliphatic rings. The van der Waals surface area contributed by atoms with Crippen molar-refractivity contribution in [2.24, 2.45) is 0 Å². The van der Waals surface area contributed by atoms with E-state index in [-0.39, 0.29) is 12.5 Å². The number of aromatic amines is 1. The second kappa shape index (κ2) is 6.51. The summed E-state index contributed by atoms with van der Waals surface area (Å²) < 4.78 is 5.33. The van der Waals surface area contributed by atoms with Gasteiger partial charge in [0.2, 0.25) is 0 Å². The number of aliphatic hydroxyl groups is 1. The Balaban J connectivity index is 1.83. The van der Waals surface area contributed by atoms with Crippen LogP contribution >= 0.6 is 0 Å². The van der Waals surface area contributed by atoms with Crippen LogP contribution in [0.25, 0.3) is 0 Å². The van der Waals surface area contributed by atoms with E-state index in [9.17, 15) is 4.79 Å². The molecule has 1 aromatic rings. The van der Waals surface area contributed by atoms with Crippen molar-refractivity contribution in [3.8, 4) is 0 Å². The fourth-order valence-corrected chi connectivity index (χ4v) is 2.00. The maximum atomic E-state index is 11.9. The average Bonchev–Trinajstić information content (AvgIpc) is 2.82. The van der Waals surface area contributed by atoms with Gasteiger partial charge in [0.25, 0.3) is 5.91 Å². The third-order valence-corrected chi connectivity index (χ3v) is 3.03. The second-order valence-electron chi connectivity index (χ2n) is 4.37. The number of unbranched alkanes of at least 4 members (excludes halogenated alkanes) is 2. The first kappa shape index (κ1) is 13.0. The van der Waals surface area contributed by atoms with Crippen LogP contribution in [0.15, 0.2) is 0 Å². The number of H-pyrrole nitrogens is 1. The molecule has 0 aliphatic carbocycles. The maximum absolute atomic E-state index is 11.9. The number of aliphatic hydroxyl groups excluding tert-OH is 1. The van der Waals surface area contributed by atoms with Crippen molar-refractivity contribution in [3.63, 3.8) is 0 Å². The van der Waals surface area contributed by atoms with Gasteiger partial charge < -0.3 is 15.2 Å². The highest BCUT2D eigenvalue weighted by Gasteiger charge is 2.21. The Kier molecular flexibility index (Phi) is 4.72. The number of fused-ring (bicyclic) bond motifs is 1. The van der Waals surface area contributed by atoms with E-state index in [1.807, 2.05) is 0 Å². The summed E-state index contributed by atoms with van der Waals surface area (Å²) in [5, 5.41) is 18.4. The molecule has 0 radical (unpaired) electrons. The minimum atomic E-state index is -0.151. The van der Waals surface area contributed by atoms with E-state index in [0.717, 1.165) is 36.9 Å². The Labute approximate surface area is 106 Å². The molecule has 2 rings (SSSR count).